The standard InChI is InChI=1S/C13H18N2O4S/c1-4-14(11-5-6-11)20(18,19)13-8-12(15(16)17)7-9(2)10(13)3/h7-8,11H,4-6H2,1-3H3. The molecule has 0 saturated heterocycles. The van der Waals surface area contributed by atoms with E-state index in [2.05, 4.69) is 0 Å². The average molecular weight is 298 g/mol. The van der Waals surface area contributed by atoms with Crippen LogP contribution in [-0.4, -0.2) is 30.2 Å². The molecule has 0 N–H and O–H groups in total. The van der Waals surface area contributed by atoms with Gasteiger partial charge < -0.3 is 0 Å². The highest BCUT2D eigenvalue weighted by Gasteiger charge is 2.38. The third-order valence-corrected chi connectivity index (χ3v) is 5.82. The summed E-state index contributed by atoms with van der Waals surface area (Å²) in [5, 5.41) is 10.9. The van der Waals surface area contributed by atoms with Crippen LogP contribution >= 0.6 is 0 Å². The number of non-ortho nitro benzene ring substituents is 1. The number of nitrogens with zero attached hydrogens (tertiary/aromatic N) is 2. The maximum atomic E-state index is 12.7. The van der Waals surface area contributed by atoms with E-state index in [4.69, 9.17) is 0 Å². The molecular formula is C13H18N2O4S. The van der Waals surface area contributed by atoms with E-state index in [0.717, 1.165) is 12.8 Å². The van der Waals surface area contributed by atoms with Gasteiger partial charge in [-0.1, -0.05) is 6.92 Å². The SMILES string of the molecule is CCN(C1CC1)S(=O)(=O)c1cc([N+](=O)[O-])cc(C)c1C. The van der Waals surface area contributed by atoms with Crippen molar-refractivity contribution in [2.24, 2.45) is 0 Å². The molecular weight excluding hydrogens is 280 g/mol. The number of rotatable bonds is 5. The molecule has 20 heavy (non-hydrogen) atoms. The first-order chi connectivity index (χ1) is 9.28. The Labute approximate surface area is 118 Å². The van der Waals surface area contributed by atoms with Crippen LogP contribution in [0.2, 0.25) is 0 Å². The highest BCUT2D eigenvalue weighted by atomic mass is 32.2. The van der Waals surface area contributed by atoms with Crippen LogP contribution in [0.5, 0.6) is 0 Å². The predicted molar refractivity (Wildman–Crippen MR) is 75.2 cm³/mol. The molecule has 1 aliphatic carbocycles. The third-order valence-electron chi connectivity index (χ3n) is 3.67. The highest BCUT2D eigenvalue weighted by molar-refractivity contribution is 7.89. The molecule has 1 aromatic carbocycles. The zero-order valence-corrected chi connectivity index (χ0v) is 12.6. The third kappa shape index (κ3) is 2.55. The lowest BCUT2D eigenvalue weighted by Gasteiger charge is -2.21. The monoisotopic (exact) mass is 298 g/mol. The van der Waals surface area contributed by atoms with Crippen LogP contribution in [0.25, 0.3) is 0 Å². The average Bonchev–Trinajstić information content (AvgIpc) is 3.16. The van der Waals surface area contributed by atoms with Gasteiger partial charge in [0.1, 0.15) is 0 Å². The molecule has 7 heteroatoms. The topological polar surface area (TPSA) is 80.5 Å². The van der Waals surface area contributed by atoms with Gasteiger partial charge in [-0.15, -0.1) is 0 Å². The van der Waals surface area contributed by atoms with Gasteiger partial charge in [-0.25, -0.2) is 8.42 Å². The van der Waals surface area contributed by atoms with E-state index < -0.39 is 14.9 Å². The minimum absolute atomic E-state index is 0.0453. The molecule has 0 amide bonds. The second-order valence-corrected chi connectivity index (χ2v) is 6.94. The van der Waals surface area contributed by atoms with E-state index in [0.29, 0.717) is 17.7 Å². The van der Waals surface area contributed by atoms with Crippen molar-refractivity contribution in [3.05, 3.63) is 33.4 Å². The lowest BCUT2D eigenvalue weighted by atomic mass is 10.1. The first-order valence-corrected chi connectivity index (χ1v) is 8.00. The van der Waals surface area contributed by atoms with Gasteiger partial charge in [-0.3, -0.25) is 10.1 Å². The van der Waals surface area contributed by atoms with E-state index in [9.17, 15) is 18.5 Å². The maximum absolute atomic E-state index is 12.7. The van der Waals surface area contributed by atoms with Crippen LogP contribution in [0.3, 0.4) is 0 Å². The summed E-state index contributed by atoms with van der Waals surface area (Å²) in [5.41, 5.74) is 1.01. The minimum Gasteiger partial charge on any atom is -0.258 e. The van der Waals surface area contributed by atoms with E-state index in [1.807, 2.05) is 0 Å². The number of benzene rings is 1. The number of aryl methyl sites for hydroxylation is 1. The van der Waals surface area contributed by atoms with Crippen molar-refractivity contribution >= 4 is 15.7 Å². The number of sulfonamides is 1. The van der Waals surface area contributed by atoms with Gasteiger partial charge in [-0.2, -0.15) is 4.31 Å². The van der Waals surface area contributed by atoms with Gasteiger partial charge in [0.25, 0.3) is 5.69 Å². The fourth-order valence-electron chi connectivity index (χ4n) is 2.30. The molecule has 1 aromatic rings. The lowest BCUT2D eigenvalue weighted by molar-refractivity contribution is -0.385. The first kappa shape index (κ1) is 14.9. The largest absolute Gasteiger partial charge is 0.271 e. The molecule has 0 atom stereocenters. The van der Waals surface area contributed by atoms with Crippen molar-refractivity contribution in [3.63, 3.8) is 0 Å². The van der Waals surface area contributed by atoms with E-state index in [1.54, 1.807) is 20.8 Å². The fraction of sp³-hybridized carbons (Fsp3) is 0.538. The molecule has 6 nitrogen and oxygen atoms in total. The summed E-state index contributed by atoms with van der Waals surface area (Å²) in [5.74, 6) is 0. The predicted octanol–water partition coefficient (Wildman–Crippen LogP) is 2.38. The molecule has 0 radical (unpaired) electrons. The highest BCUT2D eigenvalue weighted by Crippen LogP contribution is 2.34. The summed E-state index contributed by atoms with van der Waals surface area (Å²) in [4.78, 5) is 10.4. The molecule has 0 spiro atoms. The number of nitro groups is 1. The summed E-state index contributed by atoms with van der Waals surface area (Å²) < 4.78 is 26.8. The molecule has 0 heterocycles. The van der Waals surface area contributed by atoms with Crippen molar-refractivity contribution in [1.82, 2.24) is 4.31 Å². The second-order valence-electron chi connectivity index (χ2n) is 5.08. The summed E-state index contributed by atoms with van der Waals surface area (Å²) in [7, 11) is -3.67. The van der Waals surface area contributed by atoms with Gasteiger partial charge >= 0.3 is 0 Å². The molecule has 1 fully saturated rings. The lowest BCUT2D eigenvalue weighted by Crippen LogP contribution is -2.33. The Morgan fingerprint density at radius 1 is 1.35 bits per heavy atom. The molecule has 2 rings (SSSR count). The molecule has 1 saturated carbocycles. The maximum Gasteiger partial charge on any atom is 0.271 e. The number of hydrogen-bond acceptors (Lipinski definition) is 4. The quantitative estimate of drug-likeness (QED) is 0.617. The minimum atomic E-state index is -3.67. The number of hydrogen-bond donors (Lipinski definition) is 0. The van der Waals surface area contributed by atoms with E-state index >= 15 is 0 Å². The van der Waals surface area contributed by atoms with Crippen molar-refractivity contribution in [3.8, 4) is 0 Å². The zero-order chi connectivity index (χ0) is 15.1. The number of nitro benzene ring substituents is 1. The molecule has 110 valence electrons. The van der Waals surface area contributed by atoms with Gasteiger partial charge in [0.2, 0.25) is 10.0 Å². The Morgan fingerprint density at radius 2 is 1.95 bits per heavy atom. The zero-order valence-electron chi connectivity index (χ0n) is 11.8. The summed E-state index contributed by atoms with van der Waals surface area (Å²) in [6.45, 7) is 5.55. The Morgan fingerprint density at radius 3 is 2.40 bits per heavy atom. The Bertz CT molecular complexity index is 651. The van der Waals surface area contributed by atoms with Crippen molar-refractivity contribution < 1.29 is 13.3 Å². The van der Waals surface area contributed by atoms with E-state index in [1.165, 1.54) is 16.4 Å². The van der Waals surface area contributed by atoms with Gasteiger partial charge in [0.15, 0.2) is 0 Å². The first-order valence-electron chi connectivity index (χ1n) is 6.56. The van der Waals surface area contributed by atoms with Crippen LogP contribution in [0.4, 0.5) is 5.69 Å². The Hall–Kier alpha value is -1.47. The van der Waals surface area contributed by atoms with Crippen LogP contribution < -0.4 is 0 Å². The summed E-state index contributed by atoms with van der Waals surface area (Å²) in [6.07, 6.45) is 1.72. The molecule has 1 aliphatic rings. The molecule has 0 bridgehead atoms. The van der Waals surface area contributed by atoms with Crippen LogP contribution in [-0.2, 0) is 10.0 Å². The molecule has 0 aromatic heterocycles. The van der Waals surface area contributed by atoms with E-state index in [-0.39, 0.29) is 16.6 Å². The van der Waals surface area contributed by atoms with Gasteiger partial charge in [0, 0.05) is 24.7 Å². The van der Waals surface area contributed by atoms with Gasteiger partial charge in [-0.05, 0) is 37.8 Å². The van der Waals surface area contributed by atoms with Crippen molar-refractivity contribution in [2.45, 2.75) is 44.6 Å². The van der Waals surface area contributed by atoms with Crippen LogP contribution in [0.1, 0.15) is 30.9 Å². The van der Waals surface area contributed by atoms with Crippen LogP contribution in [0.15, 0.2) is 17.0 Å². The van der Waals surface area contributed by atoms with Gasteiger partial charge in [0.05, 0.1) is 9.82 Å². The van der Waals surface area contributed by atoms with Crippen molar-refractivity contribution in [2.75, 3.05) is 6.54 Å². The van der Waals surface area contributed by atoms with Crippen molar-refractivity contribution in [1.29, 1.82) is 0 Å². The van der Waals surface area contributed by atoms with Crippen LogP contribution in [0, 0.1) is 24.0 Å². The fourth-order valence-corrected chi connectivity index (χ4v) is 4.31. The smallest absolute Gasteiger partial charge is 0.258 e. The Kier molecular flexibility index (Phi) is 3.84. The normalized spacial score (nSPS) is 15.6. The Balaban J connectivity index is 2.58. The molecule has 0 unspecified atom stereocenters. The molecule has 0 aliphatic heterocycles. The summed E-state index contributed by atoms with van der Waals surface area (Å²) in [6, 6.07) is 2.62. The summed E-state index contributed by atoms with van der Waals surface area (Å²) >= 11 is 0. The second kappa shape index (κ2) is 5.14.